The van der Waals surface area contributed by atoms with Crippen LogP contribution in [0.2, 0.25) is 0 Å². The molecular weight excluding hydrogens is 454 g/mol. The Morgan fingerprint density at radius 1 is 1.39 bits per heavy atom. The van der Waals surface area contributed by atoms with Gasteiger partial charge in [0.1, 0.15) is 4.83 Å². The second kappa shape index (κ2) is 9.99. The predicted molar refractivity (Wildman–Crippen MR) is 136 cm³/mol. The van der Waals surface area contributed by atoms with Crippen molar-refractivity contribution in [1.82, 2.24) is 14.1 Å². The molecule has 0 bridgehead atoms. The van der Waals surface area contributed by atoms with Gasteiger partial charge in [-0.1, -0.05) is 24.8 Å². The summed E-state index contributed by atoms with van der Waals surface area (Å²) in [4.78, 5) is 33.5. The molecule has 0 saturated heterocycles. The molecule has 3 aromatic heterocycles. The second-order valence-electron chi connectivity index (χ2n) is 8.77. The van der Waals surface area contributed by atoms with Gasteiger partial charge in [0.15, 0.2) is 10.9 Å². The molecule has 1 unspecified atom stereocenters. The van der Waals surface area contributed by atoms with Crippen LogP contribution in [0.1, 0.15) is 45.5 Å². The number of ether oxygens (including phenoxy) is 1. The Morgan fingerprint density at radius 2 is 2.18 bits per heavy atom. The summed E-state index contributed by atoms with van der Waals surface area (Å²) in [5.41, 5.74) is 3.87. The lowest BCUT2D eigenvalue weighted by Crippen LogP contribution is -2.24. The van der Waals surface area contributed by atoms with E-state index < -0.39 is 0 Å². The number of aryl methyl sites for hydroxylation is 2. The first-order chi connectivity index (χ1) is 15.8. The monoisotopic (exact) mass is 485 g/mol. The Balaban J connectivity index is 1.64. The van der Waals surface area contributed by atoms with E-state index in [0.29, 0.717) is 30.8 Å². The van der Waals surface area contributed by atoms with Crippen LogP contribution in [0.4, 0.5) is 0 Å². The highest BCUT2D eigenvalue weighted by Crippen LogP contribution is 2.36. The highest BCUT2D eigenvalue weighted by Gasteiger charge is 2.25. The molecule has 1 atom stereocenters. The van der Waals surface area contributed by atoms with Crippen molar-refractivity contribution in [3.63, 3.8) is 0 Å². The van der Waals surface area contributed by atoms with Crippen molar-refractivity contribution in [2.75, 3.05) is 19.5 Å². The van der Waals surface area contributed by atoms with Crippen LogP contribution in [0, 0.1) is 19.8 Å². The Labute approximate surface area is 202 Å². The minimum atomic E-state index is -0.0142. The number of carbonyl (C=O) groups excluding carboxylic acids is 1. The molecule has 0 spiro atoms. The molecular formula is C25H31N3O3S2. The Morgan fingerprint density at radius 3 is 2.91 bits per heavy atom. The number of aromatic nitrogens is 3. The summed E-state index contributed by atoms with van der Waals surface area (Å²) >= 11 is 2.98. The van der Waals surface area contributed by atoms with Gasteiger partial charge in [-0.3, -0.25) is 14.2 Å². The number of thiophene rings is 1. The third-order valence-corrected chi connectivity index (χ3v) is 8.54. The van der Waals surface area contributed by atoms with Gasteiger partial charge < -0.3 is 9.30 Å². The van der Waals surface area contributed by atoms with E-state index in [-0.39, 0.29) is 17.1 Å². The van der Waals surface area contributed by atoms with E-state index in [2.05, 4.69) is 18.1 Å². The quantitative estimate of drug-likeness (QED) is 0.188. The topological polar surface area (TPSA) is 66.1 Å². The lowest BCUT2D eigenvalue weighted by atomic mass is 9.89. The molecule has 0 N–H and O–H groups in total. The smallest absolute Gasteiger partial charge is 0.263 e. The molecule has 176 valence electrons. The fraction of sp³-hybridized carbons (Fsp3) is 0.480. The minimum absolute atomic E-state index is 0.0142. The zero-order chi connectivity index (χ0) is 23.7. The van der Waals surface area contributed by atoms with Gasteiger partial charge in [0.2, 0.25) is 0 Å². The molecule has 0 radical (unpaired) electrons. The van der Waals surface area contributed by atoms with Crippen molar-refractivity contribution >= 4 is 39.1 Å². The highest BCUT2D eigenvalue weighted by molar-refractivity contribution is 7.99. The van der Waals surface area contributed by atoms with E-state index in [4.69, 9.17) is 9.72 Å². The number of rotatable bonds is 9. The maximum Gasteiger partial charge on any atom is 0.263 e. The van der Waals surface area contributed by atoms with Crippen LogP contribution in [0.25, 0.3) is 10.2 Å². The number of thioether (sulfide) groups is 1. The standard InChI is InChI=1S/C25H31N3O3S2/c1-6-9-28-24(30)22-18-8-7-15(2)12-21(18)33-23(22)26-25(28)32-14-20(29)19-13-16(3)27(17(19)4)10-11-31-5/h6,13,15H,1,7-12,14H2,2-5H3. The summed E-state index contributed by atoms with van der Waals surface area (Å²) in [6.07, 6.45) is 4.76. The molecule has 8 heteroatoms. The Hall–Kier alpha value is -2.16. The summed E-state index contributed by atoms with van der Waals surface area (Å²) in [5.74, 6) is 0.900. The minimum Gasteiger partial charge on any atom is -0.383 e. The molecule has 0 aliphatic heterocycles. The number of hydrogen-bond acceptors (Lipinski definition) is 6. The molecule has 0 saturated carbocycles. The molecule has 1 aliphatic rings. The van der Waals surface area contributed by atoms with E-state index in [0.717, 1.165) is 46.4 Å². The molecule has 4 rings (SSSR count). The maximum atomic E-state index is 13.4. The van der Waals surface area contributed by atoms with Crippen LogP contribution >= 0.6 is 23.1 Å². The predicted octanol–water partition coefficient (Wildman–Crippen LogP) is 4.81. The normalized spacial score (nSPS) is 15.7. The van der Waals surface area contributed by atoms with Gasteiger partial charge in [-0.2, -0.15) is 0 Å². The highest BCUT2D eigenvalue weighted by atomic mass is 32.2. The number of methoxy groups -OCH3 is 1. The molecule has 3 aromatic rings. The van der Waals surface area contributed by atoms with Crippen molar-refractivity contribution < 1.29 is 9.53 Å². The van der Waals surface area contributed by atoms with Crippen molar-refractivity contribution in [3.8, 4) is 0 Å². The number of carbonyl (C=O) groups is 1. The summed E-state index contributed by atoms with van der Waals surface area (Å²) in [6, 6.07) is 1.94. The fourth-order valence-corrected chi connectivity index (χ4v) is 6.94. The molecule has 0 fully saturated rings. The maximum absolute atomic E-state index is 13.4. The van der Waals surface area contributed by atoms with Crippen LogP contribution in [0.3, 0.4) is 0 Å². The molecule has 3 heterocycles. The lowest BCUT2D eigenvalue weighted by Gasteiger charge is -2.17. The first-order valence-corrected chi connectivity index (χ1v) is 13.1. The van der Waals surface area contributed by atoms with Gasteiger partial charge in [0.25, 0.3) is 5.56 Å². The molecule has 6 nitrogen and oxygen atoms in total. The van der Waals surface area contributed by atoms with E-state index >= 15 is 0 Å². The average molecular weight is 486 g/mol. The summed E-state index contributed by atoms with van der Waals surface area (Å²) < 4.78 is 8.97. The van der Waals surface area contributed by atoms with Crippen LogP contribution in [0.15, 0.2) is 28.7 Å². The summed E-state index contributed by atoms with van der Waals surface area (Å²) in [7, 11) is 1.67. The van der Waals surface area contributed by atoms with Gasteiger partial charge in [0.05, 0.1) is 17.7 Å². The van der Waals surface area contributed by atoms with E-state index in [9.17, 15) is 9.59 Å². The summed E-state index contributed by atoms with van der Waals surface area (Å²) in [5, 5.41) is 1.35. The number of fused-ring (bicyclic) bond motifs is 3. The largest absolute Gasteiger partial charge is 0.383 e. The van der Waals surface area contributed by atoms with Crippen LogP contribution in [0.5, 0.6) is 0 Å². The number of nitrogens with zero attached hydrogens (tertiary/aromatic N) is 3. The van der Waals surface area contributed by atoms with Crippen molar-refractivity contribution in [2.24, 2.45) is 5.92 Å². The van der Waals surface area contributed by atoms with Gasteiger partial charge in [-0.25, -0.2) is 4.98 Å². The van der Waals surface area contributed by atoms with Gasteiger partial charge in [0, 0.05) is 42.0 Å². The second-order valence-corrected chi connectivity index (χ2v) is 10.8. The van der Waals surface area contributed by atoms with Crippen LogP contribution in [-0.4, -0.2) is 39.4 Å². The van der Waals surface area contributed by atoms with Crippen LogP contribution in [-0.2, 0) is 30.7 Å². The molecule has 0 aromatic carbocycles. The zero-order valence-electron chi connectivity index (χ0n) is 19.8. The molecule has 0 amide bonds. The number of allylic oxidation sites excluding steroid dienone is 1. The van der Waals surface area contributed by atoms with Crippen molar-refractivity contribution in [2.45, 2.75) is 58.3 Å². The van der Waals surface area contributed by atoms with Crippen molar-refractivity contribution in [3.05, 3.63) is 56.5 Å². The third kappa shape index (κ3) is 4.61. The Kier molecular flexibility index (Phi) is 7.26. The lowest BCUT2D eigenvalue weighted by molar-refractivity contribution is 0.102. The molecule has 1 aliphatic carbocycles. The third-order valence-electron chi connectivity index (χ3n) is 6.42. The fourth-order valence-electron chi connectivity index (χ4n) is 4.62. The van der Waals surface area contributed by atoms with Crippen molar-refractivity contribution in [1.29, 1.82) is 0 Å². The SMILES string of the molecule is C=CCn1c(SCC(=O)c2cc(C)n(CCOC)c2C)nc2sc3c(c2c1=O)CCC(C)C3. The first kappa shape index (κ1) is 24.0. The zero-order valence-corrected chi connectivity index (χ0v) is 21.4. The van der Waals surface area contributed by atoms with Gasteiger partial charge in [-0.15, -0.1) is 17.9 Å². The van der Waals surface area contributed by atoms with Gasteiger partial charge in [-0.05, 0) is 50.7 Å². The number of ketones is 1. The first-order valence-electron chi connectivity index (χ1n) is 11.3. The Bertz CT molecular complexity index is 1270. The summed E-state index contributed by atoms with van der Waals surface area (Å²) in [6.45, 7) is 11.7. The van der Waals surface area contributed by atoms with Crippen LogP contribution < -0.4 is 5.56 Å². The van der Waals surface area contributed by atoms with E-state index in [1.54, 1.807) is 29.1 Å². The van der Waals surface area contributed by atoms with E-state index in [1.165, 1.54) is 22.2 Å². The molecule has 33 heavy (non-hydrogen) atoms. The average Bonchev–Trinajstić information content (AvgIpc) is 3.28. The van der Waals surface area contributed by atoms with Gasteiger partial charge >= 0.3 is 0 Å². The van der Waals surface area contributed by atoms with E-state index in [1.807, 2.05) is 19.9 Å². The number of hydrogen-bond donors (Lipinski definition) is 0. The number of Topliss-reactive ketones (excluding diaryl/α,β-unsaturated/α-hetero) is 1.